The molecule has 0 N–H and O–H groups in total. The average Bonchev–Trinajstić information content (AvgIpc) is 2.65. The molecule has 5 heteroatoms. The summed E-state index contributed by atoms with van der Waals surface area (Å²) in [6, 6.07) is 19.2. The zero-order valence-corrected chi connectivity index (χ0v) is 13.8. The molecule has 1 aliphatic carbocycles. The van der Waals surface area contributed by atoms with Crippen LogP contribution in [0.5, 0.6) is 5.75 Å². The lowest BCUT2D eigenvalue weighted by Gasteiger charge is -2.08. The van der Waals surface area contributed by atoms with Gasteiger partial charge in [-0.1, -0.05) is 30.3 Å². The van der Waals surface area contributed by atoms with E-state index in [4.69, 9.17) is 9.15 Å². The Hall–Kier alpha value is -3.47. The summed E-state index contributed by atoms with van der Waals surface area (Å²) in [7, 11) is 0. The molecular formula is C21H15NO4. The van der Waals surface area contributed by atoms with Crippen LogP contribution in [0.25, 0.3) is 22.6 Å². The van der Waals surface area contributed by atoms with Crippen molar-refractivity contribution >= 4 is 17.1 Å². The molecule has 0 saturated carbocycles. The van der Waals surface area contributed by atoms with Crippen LogP contribution in [0.3, 0.4) is 0 Å². The van der Waals surface area contributed by atoms with Crippen LogP contribution in [-0.4, -0.2) is 11.0 Å². The molecule has 2 aromatic rings. The molecule has 0 spiro atoms. The summed E-state index contributed by atoms with van der Waals surface area (Å²) in [4.78, 5) is 28.0. The summed E-state index contributed by atoms with van der Waals surface area (Å²) in [5.74, 6) is 0.472. The SMILES string of the molecule is O=C(CCc1ccccc1)Oc1ccc2nc3ccc(=O)cc-3oc2c1. The Morgan fingerprint density at radius 2 is 1.85 bits per heavy atom. The number of hydrogen-bond acceptors (Lipinski definition) is 5. The number of rotatable bonds is 4. The fraction of sp³-hybridized carbons (Fsp3) is 0.0952. The van der Waals surface area contributed by atoms with Gasteiger partial charge in [-0.15, -0.1) is 0 Å². The molecule has 128 valence electrons. The van der Waals surface area contributed by atoms with E-state index in [0.29, 0.717) is 34.7 Å². The first kappa shape index (κ1) is 16.0. The molecule has 4 rings (SSSR count). The lowest BCUT2D eigenvalue weighted by atomic mass is 10.1. The maximum absolute atomic E-state index is 12.1. The summed E-state index contributed by atoms with van der Waals surface area (Å²) in [5.41, 5.74) is 2.62. The first-order chi connectivity index (χ1) is 12.7. The molecule has 0 atom stereocenters. The number of fused-ring (bicyclic) bond motifs is 2. The van der Waals surface area contributed by atoms with Gasteiger partial charge in [0.05, 0.1) is 0 Å². The summed E-state index contributed by atoms with van der Waals surface area (Å²) in [6.45, 7) is 0. The number of aryl methyl sites for hydroxylation is 1. The van der Waals surface area contributed by atoms with E-state index in [1.165, 1.54) is 12.1 Å². The van der Waals surface area contributed by atoms with E-state index in [2.05, 4.69) is 4.98 Å². The van der Waals surface area contributed by atoms with Crippen LogP contribution in [0.15, 0.2) is 75.9 Å². The molecule has 26 heavy (non-hydrogen) atoms. The molecule has 5 nitrogen and oxygen atoms in total. The van der Waals surface area contributed by atoms with Crippen molar-refractivity contribution in [3.8, 4) is 17.2 Å². The monoisotopic (exact) mass is 345 g/mol. The Bertz CT molecular complexity index is 1100. The van der Waals surface area contributed by atoms with Crippen molar-refractivity contribution in [1.82, 2.24) is 4.98 Å². The van der Waals surface area contributed by atoms with Gasteiger partial charge >= 0.3 is 5.97 Å². The zero-order valence-electron chi connectivity index (χ0n) is 13.8. The first-order valence-corrected chi connectivity index (χ1v) is 8.27. The van der Waals surface area contributed by atoms with Gasteiger partial charge in [0.2, 0.25) is 0 Å². The van der Waals surface area contributed by atoms with Crippen LogP contribution in [0.4, 0.5) is 0 Å². The zero-order chi connectivity index (χ0) is 17.9. The first-order valence-electron chi connectivity index (χ1n) is 8.27. The highest BCUT2D eigenvalue weighted by atomic mass is 16.5. The van der Waals surface area contributed by atoms with Crippen LogP contribution >= 0.6 is 0 Å². The van der Waals surface area contributed by atoms with E-state index in [1.54, 1.807) is 24.3 Å². The van der Waals surface area contributed by atoms with Crippen molar-refractivity contribution in [3.05, 3.63) is 82.5 Å². The van der Waals surface area contributed by atoms with Crippen molar-refractivity contribution in [1.29, 1.82) is 0 Å². The van der Waals surface area contributed by atoms with Gasteiger partial charge in [-0.25, -0.2) is 4.98 Å². The number of nitrogens with zero attached hydrogens (tertiary/aromatic N) is 1. The highest BCUT2D eigenvalue weighted by Gasteiger charge is 2.11. The van der Waals surface area contributed by atoms with Crippen molar-refractivity contribution < 1.29 is 13.9 Å². The Labute approximate surface area is 149 Å². The van der Waals surface area contributed by atoms with Crippen LogP contribution in [0.2, 0.25) is 0 Å². The van der Waals surface area contributed by atoms with E-state index >= 15 is 0 Å². The third-order valence-corrected chi connectivity index (χ3v) is 4.02. The van der Waals surface area contributed by atoms with Crippen LogP contribution in [0, 0.1) is 0 Å². The lowest BCUT2D eigenvalue weighted by Crippen LogP contribution is -2.09. The molecule has 0 bridgehead atoms. The molecule has 0 unspecified atom stereocenters. The van der Waals surface area contributed by atoms with E-state index in [9.17, 15) is 9.59 Å². The number of hydrogen-bond donors (Lipinski definition) is 0. The topological polar surface area (TPSA) is 69.4 Å². The van der Waals surface area contributed by atoms with Gasteiger partial charge in [-0.05, 0) is 36.2 Å². The predicted octanol–water partition coefficient (Wildman–Crippen LogP) is 3.83. The lowest BCUT2D eigenvalue weighted by molar-refractivity contribution is -0.134. The minimum Gasteiger partial charge on any atom is -0.453 e. The quantitative estimate of drug-likeness (QED) is 0.319. The minimum absolute atomic E-state index is 0.147. The van der Waals surface area contributed by atoms with E-state index in [-0.39, 0.29) is 17.8 Å². The molecule has 0 saturated heterocycles. The number of carbonyl (C=O) groups is 1. The van der Waals surface area contributed by atoms with E-state index in [0.717, 1.165) is 5.56 Å². The Morgan fingerprint density at radius 3 is 2.69 bits per heavy atom. The maximum atomic E-state index is 12.1. The van der Waals surface area contributed by atoms with Crippen molar-refractivity contribution in [3.63, 3.8) is 0 Å². The number of aromatic nitrogens is 1. The Kier molecular flexibility index (Phi) is 4.19. The molecule has 0 fully saturated rings. The van der Waals surface area contributed by atoms with E-state index in [1.807, 2.05) is 30.3 Å². The molecule has 0 amide bonds. The third kappa shape index (κ3) is 3.47. The summed E-state index contributed by atoms with van der Waals surface area (Å²) >= 11 is 0. The van der Waals surface area contributed by atoms with Crippen LogP contribution in [-0.2, 0) is 11.2 Å². The smallest absolute Gasteiger partial charge is 0.311 e. The second kappa shape index (κ2) is 6.80. The number of esters is 1. The van der Waals surface area contributed by atoms with Crippen molar-refractivity contribution in [2.24, 2.45) is 0 Å². The van der Waals surface area contributed by atoms with Crippen molar-refractivity contribution in [2.75, 3.05) is 0 Å². The van der Waals surface area contributed by atoms with E-state index < -0.39 is 0 Å². The summed E-state index contributed by atoms with van der Waals surface area (Å²) in [6.07, 6.45) is 0.908. The minimum atomic E-state index is -0.316. The fourth-order valence-electron chi connectivity index (χ4n) is 2.72. The van der Waals surface area contributed by atoms with Crippen LogP contribution < -0.4 is 10.2 Å². The van der Waals surface area contributed by atoms with Crippen molar-refractivity contribution in [2.45, 2.75) is 12.8 Å². The molecule has 1 aliphatic heterocycles. The summed E-state index contributed by atoms with van der Waals surface area (Å²) < 4.78 is 11.1. The standard InChI is InChI=1S/C21H15NO4/c23-15-7-9-17-19(12-15)26-20-13-16(8-10-18(20)22-17)25-21(24)11-6-14-4-2-1-3-5-14/h1-5,7-10,12-13H,6,11H2. The van der Waals surface area contributed by atoms with Gasteiger partial charge < -0.3 is 9.15 Å². The Morgan fingerprint density at radius 1 is 1.00 bits per heavy atom. The van der Waals surface area contributed by atoms with Gasteiger partial charge in [0.1, 0.15) is 17.0 Å². The summed E-state index contributed by atoms with van der Waals surface area (Å²) in [5, 5.41) is 0. The molecule has 2 aromatic carbocycles. The molecule has 1 heterocycles. The second-order valence-electron chi connectivity index (χ2n) is 5.93. The van der Waals surface area contributed by atoms with Gasteiger partial charge in [0.15, 0.2) is 16.8 Å². The van der Waals surface area contributed by atoms with Gasteiger partial charge in [-0.2, -0.15) is 0 Å². The largest absolute Gasteiger partial charge is 0.453 e. The maximum Gasteiger partial charge on any atom is 0.311 e. The van der Waals surface area contributed by atoms with Crippen LogP contribution in [0.1, 0.15) is 12.0 Å². The van der Waals surface area contributed by atoms with Gasteiger partial charge in [-0.3, -0.25) is 9.59 Å². The number of benzene rings is 3. The van der Waals surface area contributed by atoms with Gasteiger partial charge in [0.25, 0.3) is 0 Å². The Balaban J connectivity index is 1.53. The normalized spacial score (nSPS) is 10.9. The highest BCUT2D eigenvalue weighted by Crippen LogP contribution is 2.26. The second-order valence-corrected chi connectivity index (χ2v) is 5.93. The molecule has 0 radical (unpaired) electrons. The third-order valence-electron chi connectivity index (χ3n) is 4.02. The fourth-order valence-corrected chi connectivity index (χ4v) is 2.72. The molecular weight excluding hydrogens is 330 g/mol. The number of carbonyl (C=O) groups excluding carboxylic acids is 1. The molecule has 2 aliphatic rings. The predicted molar refractivity (Wildman–Crippen MR) is 97.3 cm³/mol. The average molecular weight is 345 g/mol. The molecule has 0 aromatic heterocycles. The van der Waals surface area contributed by atoms with Gasteiger partial charge in [0, 0.05) is 18.6 Å². The number of ether oxygens (including phenoxy) is 1. The highest BCUT2D eigenvalue weighted by molar-refractivity contribution is 5.79.